The van der Waals surface area contributed by atoms with Crippen molar-refractivity contribution in [2.45, 2.75) is 157 Å². The molecule has 2 aliphatic heterocycles. The Labute approximate surface area is 306 Å². The molecule has 50 heavy (non-hydrogen) atoms. The number of carbonyl (C=O) groups is 1. The minimum absolute atomic E-state index is 0.0689. The van der Waals surface area contributed by atoms with E-state index in [1.165, 1.54) is 114 Å². The number of amides is 1. The standard InChI is InChI=1S/C43H64N2O.C4H8/c1-30-13-15-31(16-14-30)33-19-22-40(4)36(39(33,2)3)20-23-42(6)37(40)18-17-34-35-12-9-21-43(35,25-24-41(34,42)5)38(46)45-28-10-11-32(45)29-44-26-7-8-27-44;1-4-2-3-4/h13-16,19,32,34-37H,7-12,17-18,20-29H2,1-6H3;4H,2-3H2,1H3/t32?,34?,35?,36?,37?,40?,41-,42?,43?;/m1./s1. The van der Waals surface area contributed by atoms with Crippen molar-refractivity contribution in [1.82, 2.24) is 9.80 Å². The van der Waals surface area contributed by atoms with E-state index in [1.54, 1.807) is 5.57 Å². The Morgan fingerprint density at radius 1 is 0.720 bits per heavy atom. The zero-order valence-electron chi connectivity index (χ0n) is 33.3. The predicted octanol–water partition coefficient (Wildman–Crippen LogP) is 11.3. The number of fused-ring (bicyclic) bond motifs is 7. The number of aryl methyl sites for hydroxylation is 1. The average molecular weight is 681 g/mol. The van der Waals surface area contributed by atoms with Gasteiger partial charge in [-0.25, -0.2) is 0 Å². The van der Waals surface area contributed by atoms with Crippen molar-refractivity contribution >= 4 is 11.5 Å². The summed E-state index contributed by atoms with van der Waals surface area (Å²) >= 11 is 0. The van der Waals surface area contributed by atoms with Gasteiger partial charge in [0, 0.05) is 19.1 Å². The SMILES string of the molecule is CC1CC1.Cc1ccc(C2=CCC3(C)C(CCC4(C)C3CCC3C5CCCC5(C(=O)N5CCCC5CN5CCCC5)CC[C@]34C)C2(C)C)cc1. The van der Waals surface area contributed by atoms with Gasteiger partial charge in [-0.05, 0) is 166 Å². The molecule has 0 radical (unpaired) electrons. The zero-order chi connectivity index (χ0) is 35.1. The second-order valence-corrected chi connectivity index (χ2v) is 20.7. The molecule has 6 aliphatic carbocycles. The molecule has 2 heterocycles. The maximum absolute atomic E-state index is 14.9. The molecular weight excluding hydrogens is 609 g/mol. The fourth-order valence-corrected chi connectivity index (χ4v) is 14.8. The molecule has 9 rings (SSSR count). The summed E-state index contributed by atoms with van der Waals surface area (Å²) in [4.78, 5) is 20.0. The maximum atomic E-state index is 14.9. The van der Waals surface area contributed by atoms with Gasteiger partial charge >= 0.3 is 0 Å². The summed E-state index contributed by atoms with van der Waals surface area (Å²) in [5.41, 5.74) is 5.54. The summed E-state index contributed by atoms with van der Waals surface area (Å²) in [7, 11) is 0. The van der Waals surface area contributed by atoms with Gasteiger partial charge in [-0.3, -0.25) is 4.79 Å². The lowest BCUT2D eigenvalue weighted by Gasteiger charge is -2.72. The topological polar surface area (TPSA) is 23.6 Å². The van der Waals surface area contributed by atoms with Crippen molar-refractivity contribution in [3.63, 3.8) is 0 Å². The number of carbonyl (C=O) groups excluding carboxylic acids is 1. The average Bonchev–Trinajstić information content (AvgIpc) is 3.45. The lowest BCUT2D eigenvalue weighted by molar-refractivity contribution is -0.224. The van der Waals surface area contributed by atoms with Crippen LogP contribution in [0.5, 0.6) is 0 Å². The van der Waals surface area contributed by atoms with Crippen LogP contribution in [0.15, 0.2) is 30.3 Å². The summed E-state index contributed by atoms with van der Waals surface area (Å²) in [6.45, 7) is 22.5. The Balaban J connectivity index is 0.000000845. The quantitative estimate of drug-likeness (QED) is 0.316. The van der Waals surface area contributed by atoms with E-state index in [0.717, 1.165) is 43.7 Å². The summed E-state index contributed by atoms with van der Waals surface area (Å²) < 4.78 is 0. The number of hydrogen-bond donors (Lipinski definition) is 0. The summed E-state index contributed by atoms with van der Waals surface area (Å²) in [5.74, 6) is 4.49. The highest BCUT2D eigenvalue weighted by Crippen LogP contribution is 2.77. The number of rotatable bonds is 4. The van der Waals surface area contributed by atoms with E-state index >= 15 is 0 Å². The lowest BCUT2D eigenvalue weighted by Crippen LogP contribution is -2.66. The van der Waals surface area contributed by atoms with E-state index in [-0.39, 0.29) is 10.8 Å². The molecule has 8 aliphatic rings. The van der Waals surface area contributed by atoms with Crippen LogP contribution >= 0.6 is 0 Å². The van der Waals surface area contributed by atoms with Gasteiger partial charge in [0.15, 0.2) is 0 Å². The van der Waals surface area contributed by atoms with Gasteiger partial charge in [-0.15, -0.1) is 0 Å². The maximum Gasteiger partial charge on any atom is 0.229 e. The fourth-order valence-electron chi connectivity index (χ4n) is 14.8. The highest BCUT2D eigenvalue weighted by atomic mass is 16.2. The van der Waals surface area contributed by atoms with E-state index in [4.69, 9.17) is 0 Å². The van der Waals surface area contributed by atoms with Crippen LogP contribution in [-0.4, -0.2) is 47.9 Å². The Bertz CT molecular complexity index is 1450. The Morgan fingerprint density at radius 3 is 2.14 bits per heavy atom. The molecule has 3 heteroatoms. The third-order valence-corrected chi connectivity index (χ3v) is 17.9. The highest BCUT2D eigenvalue weighted by Gasteiger charge is 2.70. The molecule has 0 N–H and O–H groups in total. The first kappa shape index (κ1) is 35.4. The minimum Gasteiger partial charge on any atom is -0.338 e. The van der Waals surface area contributed by atoms with Gasteiger partial charge < -0.3 is 9.80 Å². The molecule has 2 saturated heterocycles. The Morgan fingerprint density at radius 2 is 1.44 bits per heavy atom. The Kier molecular flexibility index (Phi) is 9.04. The zero-order valence-corrected chi connectivity index (χ0v) is 33.3. The van der Waals surface area contributed by atoms with Crippen molar-refractivity contribution in [1.29, 1.82) is 0 Å². The van der Waals surface area contributed by atoms with Crippen LogP contribution in [0.3, 0.4) is 0 Å². The molecular formula is C47H72N2O. The molecule has 276 valence electrons. The summed E-state index contributed by atoms with van der Waals surface area (Å²) in [6.07, 6.45) is 23.6. The van der Waals surface area contributed by atoms with E-state index in [0.29, 0.717) is 40.0 Å². The molecule has 5 saturated carbocycles. The molecule has 3 nitrogen and oxygen atoms in total. The Hall–Kier alpha value is -1.61. The van der Waals surface area contributed by atoms with Crippen LogP contribution in [0, 0.1) is 63.6 Å². The van der Waals surface area contributed by atoms with Crippen molar-refractivity contribution in [3.8, 4) is 0 Å². The molecule has 0 aromatic heterocycles. The van der Waals surface area contributed by atoms with Crippen LogP contribution in [0.1, 0.15) is 155 Å². The summed E-state index contributed by atoms with van der Waals surface area (Å²) in [6, 6.07) is 9.81. The second kappa shape index (κ2) is 12.8. The largest absolute Gasteiger partial charge is 0.338 e. The van der Waals surface area contributed by atoms with Gasteiger partial charge in [0.2, 0.25) is 5.91 Å². The third kappa shape index (κ3) is 5.45. The lowest BCUT2D eigenvalue weighted by atomic mass is 9.32. The molecule has 7 fully saturated rings. The van der Waals surface area contributed by atoms with E-state index in [9.17, 15) is 4.79 Å². The van der Waals surface area contributed by atoms with Crippen LogP contribution in [0.25, 0.3) is 5.57 Å². The molecule has 0 spiro atoms. The fraction of sp³-hybridized carbons (Fsp3) is 0.809. The third-order valence-electron chi connectivity index (χ3n) is 17.9. The van der Waals surface area contributed by atoms with Gasteiger partial charge in [-0.1, -0.05) is 96.7 Å². The highest BCUT2D eigenvalue weighted by molar-refractivity contribution is 5.84. The molecule has 1 amide bonds. The van der Waals surface area contributed by atoms with Crippen molar-refractivity contribution in [3.05, 3.63) is 41.5 Å². The monoisotopic (exact) mass is 681 g/mol. The molecule has 0 bridgehead atoms. The first-order valence-electron chi connectivity index (χ1n) is 21.6. The minimum atomic E-state index is -0.0689. The van der Waals surface area contributed by atoms with Crippen LogP contribution < -0.4 is 0 Å². The van der Waals surface area contributed by atoms with Crippen LogP contribution in [0.4, 0.5) is 0 Å². The summed E-state index contributed by atoms with van der Waals surface area (Å²) in [5, 5.41) is 0. The van der Waals surface area contributed by atoms with Crippen molar-refractivity contribution in [2.24, 2.45) is 56.7 Å². The number of hydrogen-bond acceptors (Lipinski definition) is 2. The predicted molar refractivity (Wildman–Crippen MR) is 209 cm³/mol. The van der Waals surface area contributed by atoms with Gasteiger partial charge in [0.1, 0.15) is 0 Å². The number of allylic oxidation sites excluding steroid dienone is 2. The normalized spacial score (nSPS) is 43.5. The van der Waals surface area contributed by atoms with Crippen LogP contribution in [0.2, 0.25) is 0 Å². The molecule has 9 atom stereocenters. The first-order valence-corrected chi connectivity index (χ1v) is 21.6. The second-order valence-electron chi connectivity index (χ2n) is 20.7. The molecule has 1 aromatic rings. The number of nitrogens with zero attached hydrogens (tertiary/aromatic N) is 2. The van der Waals surface area contributed by atoms with Gasteiger partial charge in [0.05, 0.1) is 5.41 Å². The number of benzene rings is 1. The molecule has 8 unspecified atom stereocenters. The number of likely N-dealkylation sites (tertiary alicyclic amines) is 2. The van der Waals surface area contributed by atoms with E-state index in [2.05, 4.69) is 88.6 Å². The van der Waals surface area contributed by atoms with Gasteiger partial charge in [0.25, 0.3) is 0 Å². The van der Waals surface area contributed by atoms with E-state index < -0.39 is 0 Å². The van der Waals surface area contributed by atoms with E-state index in [1.807, 2.05) is 0 Å². The molecule has 1 aromatic carbocycles. The van der Waals surface area contributed by atoms with Crippen molar-refractivity contribution in [2.75, 3.05) is 26.2 Å². The van der Waals surface area contributed by atoms with Crippen molar-refractivity contribution < 1.29 is 4.79 Å². The first-order chi connectivity index (χ1) is 23.8. The van der Waals surface area contributed by atoms with Crippen LogP contribution in [-0.2, 0) is 4.79 Å². The smallest absolute Gasteiger partial charge is 0.229 e. The van der Waals surface area contributed by atoms with Gasteiger partial charge in [-0.2, -0.15) is 0 Å².